The number of rotatable bonds is 5. The third kappa shape index (κ3) is 5.28. The molecule has 10 nitrogen and oxygen atoms in total. The lowest BCUT2D eigenvalue weighted by atomic mass is 9.95. The molecular weight excluding hydrogens is 597 g/mol. The van der Waals surface area contributed by atoms with Gasteiger partial charge in [-0.3, -0.25) is 14.8 Å². The SMILES string of the molecule is CC(C)(C)OC(=O)N1[C@@H]2CC[C@H]1CN(c1nc(OCC34CCCN3CCC4)nc3c(F)c(-c4cc(N)cc5ccccc45)ncc13)C2. The number of nitrogens with two attached hydrogens (primary N) is 1. The van der Waals surface area contributed by atoms with E-state index in [1.807, 2.05) is 56.0 Å². The Bertz CT molecular complexity index is 1850. The van der Waals surface area contributed by atoms with Gasteiger partial charge in [0.15, 0.2) is 5.82 Å². The summed E-state index contributed by atoms with van der Waals surface area (Å²) < 4.78 is 29.0. The summed E-state index contributed by atoms with van der Waals surface area (Å²) in [6, 6.07) is 11.5. The first-order valence-electron chi connectivity index (χ1n) is 16.9. The van der Waals surface area contributed by atoms with Gasteiger partial charge in [0, 0.05) is 30.5 Å². The van der Waals surface area contributed by atoms with Gasteiger partial charge in [-0.05, 0) is 95.3 Å². The van der Waals surface area contributed by atoms with E-state index in [0.717, 1.165) is 62.4 Å². The average molecular weight is 640 g/mol. The van der Waals surface area contributed by atoms with Crippen molar-refractivity contribution in [3.05, 3.63) is 48.4 Å². The van der Waals surface area contributed by atoms with Gasteiger partial charge in [0.2, 0.25) is 0 Å². The van der Waals surface area contributed by atoms with Crippen LogP contribution in [0, 0.1) is 5.82 Å². The number of ether oxygens (including phenoxy) is 2. The van der Waals surface area contributed by atoms with Gasteiger partial charge >= 0.3 is 12.1 Å². The van der Waals surface area contributed by atoms with Gasteiger partial charge in [0.1, 0.15) is 29.2 Å². The van der Waals surface area contributed by atoms with Crippen LogP contribution in [0.15, 0.2) is 42.6 Å². The van der Waals surface area contributed by atoms with Gasteiger partial charge in [0.25, 0.3) is 0 Å². The number of hydrogen-bond donors (Lipinski definition) is 1. The quantitative estimate of drug-likeness (QED) is 0.257. The molecule has 4 aromatic rings. The molecule has 246 valence electrons. The van der Waals surface area contributed by atoms with Gasteiger partial charge in [-0.25, -0.2) is 9.18 Å². The first kappa shape index (κ1) is 30.1. The maximum Gasteiger partial charge on any atom is 0.410 e. The van der Waals surface area contributed by atoms with Crippen molar-refractivity contribution in [3.63, 3.8) is 0 Å². The number of benzene rings is 2. The number of fused-ring (bicyclic) bond motifs is 5. The standard InChI is InChI=1S/C36H42FN7O3/c1-35(2,3)47-34(45)44-24-10-11-25(44)20-42(19-24)32-28-18-39-30(27-17-23(38)16-22-8-4-5-9-26(22)27)29(37)31(28)40-33(41-32)46-21-36-12-6-14-43(36)15-7-13-36/h4-5,8-9,16-18,24-25H,6-7,10-15,19-21,38H2,1-3H3/t24-,25+. The maximum absolute atomic E-state index is 16.8. The fourth-order valence-electron chi connectivity index (χ4n) is 8.39. The first-order chi connectivity index (χ1) is 22.6. The average Bonchev–Trinajstić information content (AvgIpc) is 3.69. The second-order valence-electron chi connectivity index (χ2n) is 14.7. The normalized spacial score (nSPS) is 22.3. The van der Waals surface area contributed by atoms with Gasteiger partial charge in [-0.15, -0.1) is 0 Å². The van der Waals surface area contributed by atoms with Crippen molar-refractivity contribution in [3.8, 4) is 17.3 Å². The Hall–Kier alpha value is -4.25. The largest absolute Gasteiger partial charge is 0.461 e. The lowest BCUT2D eigenvalue weighted by molar-refractivity contribution is 0.0122. The second kappa shape index (κ2) is 11.2. The van der Waals surface area contributed by atoms with Crippen molar-refractivity contribution in [1.82, 2.24) is 24.8 Å². The van der Waals surface area contributed by atoms with E-state index in [0.29, 0.717) is 42.2 Å². The molecule has 4 fully saturated rings. The number of nitrogens with zero attached hydrogens (tertiary/aromatic N) is 6. The zero-order valence-electron chi connectivity index (χ0n) is 27.3. The Morgan fingerprint density at radius 3 is 2.49 bits per heavy atom. The molecule has 47 heavy (non-hydrogen) atoms. The highest BCUT2D eigenvalue weighted by molar-refractivity contribution is 6.00. The Kier molecular flexibility index (Phi) is 7.16. The van der Waals surface area contributed by atoms with Crippen LogP contribution in [0.25, 0.3) is 32.9 Å². The van der Waals surface area contributed by atoms with Crippen LogP contribution in [0.1, 0.15) is 59.3 Å². The molecule has 6 heterocycles. The summed E-state index contributed by atoms with van der Waals surface area (Å²) in [6.07, 6.45) is 7.56. The molecule has 2 aromatic carbocycles. The van der Waals surface area contributed by atoms with Crippen LogP contribution in [-0.4, -0.2) is 86.9 Å². The molecule has 0 saturated carbocycles. The number of piperazine rings is 1. The second-order valence-corrected chi connectivity index (χ2v) is 14.7. The molecule has 0 aliphatic carbocycles. The summed E-state index contributed by atoms with van der Waals surface area (Å²) in [5.41, 5.74) is 7.16. The van der Waals surface area contributed by atoms with Crippen LogP contribution in [0.5, 0.6) is 6.01 Å². The number of nitrogen functional groups attached to an aromatic ring is 1. The van der Waals surface area contributed by atoms with Crippen molar-refractivity contribution in [1.29, 1.82) is 0 Å². The molecular formula is C36H42FN7O3. The zero-order valence-corrected chi connectivity index (χ0v) is 27.3. The van der Waals surface area contributed by atoms with Gasteiger partial charge in [0.05, 0.1) is 23.0 Å². The minimum absolute atomic E-state index is 0.0148. The monoisotopic (exact) mass is 639 g/mol. The van der Waals surface area contributed by atoms with E-state index < -0.39 is 11.4 Å². The number of amides is 1. The number of carbonyl (C=O) groups is 1. The molecule has 1 amide bonds. The highest BCUT2D eigenvalue weighted by atomic mass is 19.1. The third-order valence-electron chi connectivity index (χ3n) is 10.4. The Balaban J connectivity index is 1.20. The summed E-state index contributed by atoms with van der Waals surface area (Å²) in [4.78, 5) is 34.1. The lowest BCUT2D eigenvalue weighted by Crippen LogP contribution is -2.57. The topological polar surface area (TPSA) is 110 Å². The number of aromatic nitrogens is 3. The highest BCUT2D eigenvalue weighted by Gasteiger charge is 2.46. The summed E-state index contributed by atoms with van der Waals surface area (Å²) in [7, 11) is 0. The van der Waals surface area contributed by atoms with Crippen LogP contribution in [0.3, 0.4) is 0 Å². The Labute approximate surface area is 274 Å². The zero-order chi connectivity index (χ0) is 32.5. The van der Waals surface area contributed by atoms with Gasteiger partial charge in [-0.2, -0.15) is 9.97 Å². The van der Waals surface area contributed by atoms with Crippen molar-refractivity contribution < 1.29 is 18.7 Å². The third-order valence-corrected chi connectivity index (χ3v) is 10.4. The van der Waals surface area contributed by atoms with Gasteiger partial charge < -0.3 is 20.1 Å². The molecule has 4 aliphatic heterocycles. The predicted octanol–water partition coefficient (Wildman–Crippen LogP) is 6.16. The molecule has 2 bridgehead atoms. The molecule has 0 radical (unpaired) electrons. The van der Waals surface area contributed by atoms with Crippen molar-refractivity contribution >= 4 is 39.3 Å². The minimum atomic E-state index is -0.577. The molecule has 0 unspecified atom stereocenters. The first-order valence-corrected chi connectivity index (χ1v) is 16.9. The molecule has 2 N–H and O–H groups in total. The van der Waals surface area contributed by atoms with Crippen LogP contribution in [-0.2, 0) is 4.74 Å². The molecule has 4 saturated heterocycles. The molecule has 2 atom stereocenters. The molecule has 8 rings (SSSR count). The predicted molar refractivity (Wildman–Crippen MR) is 180 cm³/mol. The summed E-state index contributed by atoms with van der Waals surface area (Å²) in [5, 5.41) is 2.28. The van der Waals surface area contributed by atoms with Crippen LogP contribution in [0.2, 0.25) is 0 Å². The van der Waals surface area contributed by atoms with Crippen LogP contribution >= 0.6 is 0 Å². The Morgan fingerprint density at radius 1 is 1.04 bits per heavy atom. The summed E-state index contributed by atoms with van der Waals surface area (Å²) in [6.45, 7) is 9.37. The number of pyridine rings is 1. The van der Waals surface area contributed by atoms with Crippen LogP contribution in [0.4, 0.5) is 20.7 Å². The van der Waals surface area contributed by atoms with E-state index in [-0.39, 0.29) is 40.9 Å². The summed E-state index contributed by atoms with van der Waals surface area (Å²) in [5.74, 6) is 0.0389. The van der Waals surface area contributed by atoms with Crippen LogP contribution < -0.4 is 15.4 Å². The van der Waals surface area contributed by atoms with Crippen molar-refractivity contribution in [2.45, 2.75) is 82.5 Å². The van der Waals surface area contributed by atoms with Crippen molar-refractivity contribution in [2.75, 3.05) is 43.4 Å². The molecule has 11 heteroatoms. The lowest BCUT2D eigenvalue weighted by Gasteiger charge is -2.42. The number of anilines is 2. The molecule has 0 spiro atoms. The van der Waals surface area contributed by atoms with E-state index in [9.17, 15) is 4.79 Å². The van der Waals surface area contributed by atoms with E-state index in [2.05, 4.69) is 14.8 Å². The fourth-order valence-corrected chi connectivity index (χ4v) is 8.39. The number of halogens is 1. The molecule has 2 aromatic heterocycles. The van der Waals surface area contributed by atoms with Crippen molar-refractivity contribution in [2.24, 2.45) is 0 Å². The summed E-state index contributed by atoms with van der Waals surface area (Å²) >= 11 is 0. The van der Waals surface area contributed by atoms with E-state index in [1.165, 1.54) is 0 Å². The number of carbonyl (C=O) groups excluding carboxylic acids is 1. The van der Waals surface area contributed by atoms with E-state index >= 15 is 4.39 Å². The number of hydrogen-bond acceptors (Lipinski definition) is 9. The van der Waals surface area contributed by atoms with E-state index in [1.54, 1.807) is 12.3 Å². The fraction of sp³-hybridized carbons (Fsp3) is 0.500. The Morgan fingerprint density at radius 2 is 1.77 bits per heavy atom. The minimum Gasteiger partial charge on any atom is -0.461 e. The smallest absolute Gasteiger partial charge is 0.410 e. The molecule has 4 aliphatic rings. The maximum atomic E-state index is 16.8. The highest BCUT2D eigenvalue weighted by Crippen LogP contribution is 2.41. The van der Waals surface area contributed by atoms with Gasteiger partial charge in [-0.1, -0.05) is 24.3 Å². The van der Waals surface area contributed by atoms with E-state index in [4.69, 9.17) is 25.2 Å².